The van der Waals surface area contributed by atoms with Crippen LogP contribution in [-0.2, 0) is 20.7 Å². The molecule has 2 aromatic carbocycles. The predicted molar refractivity (Wildman–Crippen MR) is 105 cm³/mol. The molecule has 0 spiro atoms. The maximum absolute atomic E-state index is 12.9. The Morgan fingerprint density at radius 1 is 1.04 bits per heavy atom. The van der Waals surface area contributed by atoms with Crippen LogP contribution < -0.4 is 0 Å². The second-order valence-corrected chi connectivity index (χ2v) is 7.51. The molecule has 4 rings (SSSR count). The van der Waals surface area contributed by atoms with E-state index in [1.807, 2.05) is 48.5 Å². The van der Waals surface area contributed by atoms with E-state index in [0.29, 0.717) is 18.9 Å². The predicted octanol–water partition coefficient (Wildman–Crippen LogP) is 3.93. The highest BCUT2D eigenvalue weighted by Gasteiger charge is 2.39. The average molecular weight is 379 g/mol. The Morgan fingerprint density at radius 2 is 1.75 bits per heavy atom. The van der Waals surface area contributed by atoms with Crippen molar-refractivity contribution in [3.63, 3.8) is 0 Å². The molecule has 2 aliphatic rings. The summed E-state index contributed by atoms with van der Waals surface area (Å²) in [6.07, 6.45) is 1.86. The lowest BCUT2D eigenvalue weighted by Gasteiger charge is -2.30. The van der Waals surface area contributed by atoms with Gasteiger partial charge in [-0.25, -0.2) is 9.69 Å². The van der Waals surface area contributed by atoms with E-state index in [9.17, 15) is 9.59 Å². The van der Waals surface area contributed by atoms with Crippen molar-refractivity contribution in [2.24, 2.45) is 0 Å². The molecule has 0 aromatic heterocycles. The Morgan fingerprint density at radius 3 is 2.50 bits per heavy atom. The van der Waals surface area contributed by atoms with Gasteiger partial charge in [-0.1, -0.05) is 60.7 Å². The van der Waals surface area contributed by atoms with Crippen LogP contribution in [0.4, 0.5) is 4.79 Å². The van der Waals surface area contributed by atoms with Gasteiger partial charge in [0.2, 0.25) is 5.91 Å². The highest BCUT2D eigenvalue weighted by Crippen LogP contribution is 2.32. The molecule has 2 heterocycles. The maximum Gasteiger partial charge on any atom is 0.416 e. The van der Waals surface area contributed by atoms with E-state index in [1.54, 1.807) is 0 Å². The Kier molecular flexibility index (Phi) is 5.72. The minimum absolute atomic E-state index is 0.169. The third-order valence-electron chi connectivity index (χ3n) is 5.58. The molecular formula is C23H25NO4. The van der Waals surface area contributed by atoms with E-state index in [-0.39, 0.29) is 31.1 Å². The summed E-state index contributed by atoms with van der Waals surface area (Å²) < 4.78 is 11.0. The van der Waals surface area contributed by atoms with Crippen molar-refractivity contribution < 1.29 is 19.1 Å². The zero-order valence-corrected chi connectivity index (χ0v) is 15.8. The summed E-state index contributed by atoms with van der Waals surface area (Å²) in [6.45, 7) is 0.882. The van der Waals surface area contributed by atoms with Crippen LogP contribution in [0.25, 0.3) is 0 Å². The summed E-state index contributed by atoms with van der Waals surface area (Å²) in [5, 5.41) is 0. The van der Waals surface area contributed by atoms with Crippen molar-refractivity contribution in [3.05, 3.63) is 71.8 Å². The monoisotopic (exact) mass is 379 g/mol. The molecule has 0 aliphatic carbocycles. The normalized spacial score (nSPS) is 24.8. The molecule has 0 bridgehead atoms. The highest BCUT2D eigenvalue weighted by atomic mass is 16.6. The van der Waals surface area contributed by atoms with E-state index in [4.69, 9.17) is 9.47 Å². The molecule has 5 heteroatoms. The molecule has 3 atom stereocenters. The second-order valence-electron chi connectivity index (χ2n) is 7.51. The minimum Gasteiger partial charge on any atom is -0.447 e. The van der Waals surface area contributed by atoms with Crippen molar-refractivity contribution in [3.8, 4) is 0 Å². The van der Waals surface area contributed by atoms with Gasteiger partial charge < -0.3 is 9.47 Å². The van der Waals surface area contributed by atoms with Crippen LogP contribution in [0.15, 0.2) is 60.7 Å². The largest absolute Gasteiger partial charge is 0.447 e. The van der Waals surface area contributed by atoms with Gasteiger partial charge in [-0.3, -0.25) is 4.79 Å². The fourth-order valence-corrected chi connectivity index (χ4v) is 4.15. The summed E-state index contributed by atoms with van der Waals surface area (Å²) in [5.74, 6) is 0.181. The maximum atomic E-state index is 12.9. The van der Waals surface area contributed by atoms with Gasteiger partial charge in [0, 0.05) is 6.61 Å². The van der Waals surface area contributed by atoms with Crippen LogP contribution in [0, 0.1) is 0 Å². The third-order valence-corrected chi connectivity index (χ3v) is 5.58. The molecule has 2 saturated heterocycles. The van der Waals surface area contributed by atoms with Gasteiger partial charge >= 0.3 is 6.09 Å². The number of nitrogens with zero attached hydrogens (tertiary/aromatic N) is 1. The smallest absolute Gasteiger partial charge is 0.416 e. The van der Waals surface area contributed by atoms with Crippen LogP contribution in [-0.4, -0.2) is 42.3 Å². The lowest BCUT2D eigenvalue weighted by Crippen LogP contribution is -2.42. The first-order valence-electron chi connectivity index (χ1n) is 9.90. The topological polar surface area (TPSA) is 55.8 Å². The van der Waals surface area contributed by atoms with Crippen molar-refractivity contribution in [1.29, 1.82) is 0 Å². The minimum atomic E-state index is -0.540. The fourth-order valence-electron chi connectivity index (χ4n) is 4.15. The number of ether oxygens (including phenoxy) is 2. The number of carbonyl (C=O) groups is 2. The number of hydrogen-bond donors (Lipinski definition) is 0. The number of benzene rings is 2. The highest BCUT2D eigenvalue weighted by molar-refractivity contribution is 5.93. The Balaban J connectivity index is 1.39. The summed E-state index contributed by atoms with van der Waals surface area (Å²) in [5.41, 5.74) is 2.37. The van der Waals surface area contributed by atoms with E-state index >= 15 is 0 Å². The standard InChI is InChI=1S/C23H25NO4/c25-22(15-21-14-19(11-12-27-21)18-9-5-2-6-10-18)24-20(16-28-23(24)26)13-17-7-3-1-4-8-17/h1-10,19-21H,11-16H2/t19-,20+,21+/m1/s1. The molecule has 146 valence electrons. The van der Waals surface area contributed by atoms with Gasteiger partial charge in [-0.05, 0) is 36.3 Å². The average Bonchev–Trinajstić information content (AvgIpc) is 3.10. The lowest BCUT2D eigenvalue weighted by molar-refractivity contribution is -0.133. The molecule has 2 aromatic rings. The number of amides is 2. The van der Waals surface area contributed by atoms with Crippen LogP contribution in [0.3, 0.4) is 0 Å². The quantitative estimate of drug-likeness (QED) is 0.790. The number of hydrogen-bond acceptors (Lipinski definition) is 4. The number of rotatable bonds is 5. The zero-order valence-electron chi connectivity index (χ0n) is 15.8. The number of carbonyl (C=O) groups excluding carboxylic acids is 2. The van der Waals surface area contributed by atoms with Crippen molar-refractivity contribution in [2.45, 2.75) is 43.7 Å². The molecule has 2 aliphatic heterocycles. The van der Waals surface area contributed by atoms with Crippen LogP contribution in [0.1, 0.15) is 36.3 Å². The molecule has 0 radical (unpaired) electrons. The van der Waals surface area contributed by atoms with E-state index in [1.165, 1.54) is 10.5 Å². The summed E-state index contributed by atoms with van der Waals surface area (Å²) in [7, 11) is 0. The Hall–Kier alpha value is -2.66. The number of cyclic esters (lactones) is 1. The van der Waals surface area contributed by atoms with Crippen molar-refractivity contribution >= 4 is 12.0 Å². The summed E-state index contributed by atoms with van der Waals surface area (Å²) >= 11 is 0. The van der Waals surface area contributed by atoms with E-state index in [2.05, 4.69) is 12.1 Å². The van der Waals surface area contributed by atoms with Crippen LogP contribution in [0.2, 0.25) is 0 Å². The molecule has 0 unspecified atom stereocenters. The number of imide groups is 1. The second kappa shape index (κ2) is 8.57. The van der Waals surface area contributed by atoms with E-state index in [0.717, 1.165) is 18.4 Å². The first kappa shape index (κ1) is 18.7. The van der Waals surface area contributed by atoms with Gasteiger partial charge in [0.15, 0.2) is 0 Å². The summed E-state index contributed by atoms with van der Waals surface area (Å²) in [6, 6.07) is 20.0. The Labute approximate surface area is 165 Å². The third kappa shape index (κ3) is 4.25. The molecule has 0 saturated carbocycles. The molecule has 2 amide bonds. The van der Waals surface area contributed by atoms with Gasteiger partial charge in [0.1, 0.15) is 6.61 Å². The van der Waals surface area contributed by atoms with Gasteiger partial charge in [-0.15, -0.1) is 0 Å². The van der Waals surface area contributed by atoms with Crippen LogP contribution in [0.5, 0.6) is 0 Å². The molecule has 28 heavy (non-hydrogen) atoms. The van der Waals surface area contributed by atoms with Gasteiger partial charge in [0.05, 0.1) is 18.6 Å². The first-order chi connectivity index (χ1) is 13.7. The molecule has 2 fully saturated rings. The van der Waals surface area contributed by atoms with Crippen molar-refractivity contribution in [1.82, 2.24) is 4.90 Å². The summed E-state index contributed by atoms with van der Waals surface area (Å²) in [4.78, 5) is 26.4. The Bertz CT molecular complexity index is 808. The zero-order chi connectivity index (χ0) is 19.3. The lowest BCUT2D eigenvalue weighted by atomic mass is 9.87. The molecule has 0 N–H and O–H groups in total. The first-order valence-corrected chi connectivity index (χ1v) is 9.90. The van der Waals surface area contributed by atoms with E-state index < -0.39 is 6.09 Å². The van der Waals surface area contributed by atoms with Crippen molar-refractivity contribution in [2.75, 3.05) is 13.2 Å². The SMILES string of the molecule is O=C(C[C@@H]1C[C@H](c2ccccc2)CCO1)N1C(=O)OC[C@@H]1Cc1ccccc1. The van der Waals surface area contributed by atoms with Gasteiger partial charge in [0.25, 0.3) is 0 Å². The fraction of sp³-hybridized carbons (Fsp3) is 0.391. The molecular weight excluding hydrogens is 354 g/mol. The van der Waals surface area contributed by atoms with Crippen LogP contribution >= 0.6 is 0 Å². The molecule has 5 nitrogen and oxygen atoms in total. The van der Waals surface area contributed by atoms with Gasteiger partial charge in [-0.2, -0.15) is 0 Å².